The molecule has 0 spiro atoms. The lowest BCUT2D eigenvalue weighted by molar-refractivity contribution is -0.370. The van der Waals surface area contributed by atoms with Crippen LogP contribution in [0, 0.1) is 0 Å². The van der Waals surface area contributed by atoms with Crippen molar-refractivity contribution in [3.63, 3.8) is 0 Å². The number of para-hydroxylation sites is 2. The molecule has 0 heterocycles. The predicted molar refractivity (Wildman–Crippen MR) is 46.2 cm³/mol. The highest BCUT2D eigenvalue weighted by molar-refractivity contribution is 5.39. The first-order chi connectivity index (χ1) is 5.88. The molecule has 13 heavy (non-hydrogen) atoms. The van der Waals surface area contributed by atoms with Crippen LogP contribution in [0.1, 0.15) is 0 Å². The Morgan fingerprint density at radius 1 is 1.23 bits per heavy atom. The lowest BCUT2D eigenvalue weighted by atomic mass is 10.3. The Balaban J connectivity index is 0.00000144. The highest BCUT2D eigenvalue weighted by Gasteiger charge is 2.00. The first kappa shape index (κ1) is 12.1. The Hall–Kier alpha value is -0.930. The standard InChI is InChI=1S/C9H13NO2.ClH/c1-11-8-4-2-3-5-9(8)12-7-6-10;/h2-5H,6-7,10H2,1H3;1H. The molecule has 4 heteroatoms. The van der Waals surface area contributed by atoms with Crippen LogP contribution in [0.25, 0.3) is 0 Å². The number of rotatable bonds is 4. The fourth-order valence-corrected chi connectivity index (χ4v) is 0.920. The summed E-state index contributed by atoms with van der Waals surface area (Å²) in [5, 5.41) is 0. The zero-order valence-corrected chi connectivity index (χ0v) is 8.38. The van der Waals surface area contributed by atoms with E-state index in [0.29, 0.717) is 6.61 Å². The molecule has 0 amide bonds. The van der Waals surface area contributed by atoms with Crippen LogP contribution in [-0.2, 0) is 0 Å². The Bertz CT molecular complexity index is 243. The highest BCUT2D eigenvalue weighted by atomic mass is 35.5. The summed E-state index contributed by atoms with van der Waals surface area (Å²) >= 11 is 0. The van der Waals surface area contributed by atoms with Gasteiger partial charge in [-0.05, 0) is 12.1 Å². The fraction of sp³-hybridized carbons (Fsp3) is 0.333. The second-order valence-electron chi connectivity index (χ2n) is 2.35. The molecule has 1 aromatic carbocycles. The summed E-state index contributed by atoms with van der Waals surface area (Å²) < 4.78 is 10.5. The van der Waals surface area contributed by atoms with Crippen LogP contribution in [0.4, 0.5) is 0 Å². The van der Waals surface area contributed by atoms with Gasteiger partial charge in [0.1, 0.15) is 13.2 Å². The molecule has 0 aromatic heterocycles. The van der Waals surface area contributed by atoms with Crippen molar-refractivity contribution >= 4 is 0 Å². The number of benzene rings is 1. The molecule has 0 unspecified atom stereocenters. The van der Waals surface area contributed by atoms with E-state index in [4.69, 9.17) is 9.47 Å². The Kier molecular flexibility index (Phi) is 6.10. The van der Waals surface area contributed by atoms with Gasteiger partial charge >= 0.3 is 0 Å². The molecule has 0 aliphatic carbocycles. The van der Waals surface area contributed by atoms with Crippen molar-refractivity contribution in [3.8, 4) is 11.5 Å². The quantitative estimate of drug-likeness (QED) is 0.580. The number of ether oxygens (including phenoxy) is 2. The summed E-state index contributed by atoms with van der Waals surface area (Å²) in [6.45, 7) is 1.39. The number of hydrogen-bond donors (Lipinski definition) is 1. The molecule has 3 N–H and O–H groups in total. The van der Waals surface area contributed by atoms with Gasteiger partial charge in [0.25, 0.3) is 0 Å². The number of methoxy groups -OCH3 is 1. The highest BCUT2D eigenvalue weighted by Crippen LogP contribution is 2.25. The second-order valence-corrected chi connectivity index (χ2v) is 2.35. The lowest BCUT2D eigenvalue weighted by Gasteiger charge is -2.07. The molecule has 1 aromatic rings. The second kappa shape index (κ2) is 6.57. The van der Waals surface area contributed by atoms with E-state index in [1.807, 2.05) is 24.3 Å². The van der Waals surface area contributed by atoms with Crippen molar-refractivity contribution in [2.75, 3.05) is 20.3 Å². The number of hydrogen-bond acceptors (Lipinski definition) is 2. The minimum absolute atomic E-state index is 0. The minimum Gasteiger partial charge on any atom is -1.00 e. The molecule has 0 fully saturated rings. The molecular formula is C9H14ClNO2. The Morgan fingerprint density at radius 3 is 2.38 bits per heavy atom. The van der Waals surface area contributed by atoms with E-state index >= 15 is 0 Å². The van der Waals surface area contributed by atoms with E-state index in [1.54, 1.807) is 7.11 Å². The van der Waals surface area contributed by atoms with E-state index in [1.165, 1.54) is 0 Å². The van der Waals surface area contributed by atoms with Crippen molar-refractivity contribution in [1.29, 1.82) is 0 Å². The first-order valence-corrected chi connectivity index (χ1v) is 3.93. The summed E-state index contributed by atoms with van der Waals surface area (Å²) in [6, 6.07) is 7.59. The third-order valence-electron chi connectivity index (χ3n) is 1.47. The molecule has 0 saturated heterocycles. The van der Waals surface area contributed by atoms with Crippen LogP contribution in [0.2, 0.25) is 0 Å². The van der Waals surface area contributed by atoms with Gasteiger partial charge < -0.3 is 27.6 Å². The van der Waals surface area contributed by atoms with Gasteiger partial charge in [0.2, 0.25) is 0 Å². The molecule has 0 radical (unpaired) electrons. The predicted octanol–water partition coefficient (Wildman–Crippen LogP) is -2.68. The van der Waals surface area contributed by atoms with Gasteiger partial charge in [-0.2, -0.15) is 0 Å². The van der Waals surface area contributed by atoms with Crippen molar-refractivity contribution in [2.45, 2.75) is 0 Å². The van der Waals surface area contributed by atoms with Crippen LogP contribution < -0.4 is 27.6 Å². The molecule has 0 aliphatic rings. The Labute approximate surface area is 84.2 Å². The van der Waals surface area contributed by atoms with E-state index in [2.05, 4.69) is 5.73 Å². The maximum absolute atomic E-state index is 5.39. The third-order valence-corrected chi connectivity index (χ3v) is 1.47. The Morgan fingerprint density at radius 2 is 1.85 bits per heavy atom. The van der Waals surface area contributed by atoms with Gasteiger partial charge in [-0.1, -0.05) is 12.1 Å². The molecule has 3 nitrogen and oxygen atoms in total. The maximum Gasteiger partial charge on any atom is 0.161 e. The van der Waals surface area contributed by atoms with Crippen LogP contribution in [0.5, 0.6) is 11.5 Å². The zero-order valence-electron chi connectivity index (χ0n) is 7.63. The molecule has 0 aliphatic heterocycles. The average Bonchev–Trinajstić information content (AvgIpc) is 2.15. The van der Waals surface area contributed by atoms with Gasteiger partial charge in [0.15, 0.2) is 11.5 Å². The lowest BCUT2D eigenvalue weighted by Crippen LogP contribution is -3.00. The van der Waals surface area contributed by atoms with Gasteiger partial charge in [0.05, 0.1) is 7.11 Å². The van der Waals surface area contributed by atoms with E-state index in [-0.39, 0.29) is 12.4 Å². The van der Waals surface area contributed by atoms with E-state index < -0.39 is 0 Å². The topological polar surface area (TPSA) is 46.1 Å². The van der Waals surface area contributed by atoms with Gasteiger partial charge in [-0.25, -0.2) is 0 Å². The van der Waals surface area contributed by atoms with Crippen LogP contribution in [0.15, 0.2) is 24.3 Å². The van der Waals surface area contributed by atoms with Crippen molar-refractivity contribution in [1.82, 2.24) is 0 Å². The summed E-state index contributed by atoms with van der Waals surface area (Å²) in [6.07, 6.45) is 0. The summed E-state index contributed by atoms with van der Waals surface area (Å²) in [5.41, 5.74) is 3.69. The monoisotopic (exact) mass is 203 g/mol. The number of quaternary nitrogens is 1. The van der Waals surface area contributed by atoms with Crippen LogP contribution >= 0.6 is 0 Å². The van der Waals surface area contributed by atoms with Crippen LogP contribution in [-0.4, -0.2) is 20.3 Å². The van der Waals surface area contributed by atoms with Crippen molar-refractivity contribution in [3.05, 3.63) is 24.3 Å². The molecular weight excluding hydrogens is 190 g/mol. The zero-order chi connectivity index (χ0) is 8.81. The van der Waals surface area contributed by atoms with Gasteiger partial charge in [0, 0.05) is 0 Å². The molecule has 1 rings (SSSR count). The number of halogens is 1. The minimum atomic E-state index is 0. The molecule has 0 bridgehead atoms. The molecule has 0 atom stereocenters. The average molecular weight is 204 g/mol. The van der Waals surface area contributed by atoms with Crippen molar-refractivity contribution in [2.24, 2.45) is 0 Å². The molecule has 0 saturated carbocycles. The summed E-state index contributed by atoms with van der Waals surface area (Å²) in [4.78, 5) is 0. The van der Waals surface area contributed by atoms with Crippen molar-refractivity contribution < 1.29 is 27.6 Å². The molecule has 74 valence electrons. The van der Waals surface area contributed by atoms with Gasteiger partial charge in [-0.3, -0.25) is 0 Å². The third kappa shape index (κ3) is 3.53. The van der Waals surface area contributed by atoms with E-state index in [9.17, 15) is 0 Å². The first-order valence-electron chi connectivity index (χ1n) is 3.93. The normalized spacial score (nSPS) is 8.77. The van der Waals surface area contributed by atoms with Crippen LogP contribution in [0.3, 0.4) is 0 Å². The van der Waals surface area contributed by atoms with E-state index in [0.717, 1.165) is 18.0 Å². The SMILES string of the molecule is COc1ccccc1OCC[NH3+].[Cl-]. The summed E-state index contributed by atoms with van der Waals surface area (Å²) in [7, 11) is 1.63. The fourth-order valence-electron chi connectivity index (χ4n) is 0.920. The largest absolute Gasteiger partial charge is 1.00 e. The van der Waals surface area contributed by atoms with Gasteiger partial charge in [-0.15, -0.1) is 0 Å². The summed E-state index contributed by atoms with van der Waals surface area (Å²) in [5.74, 6) is 1.55. The smallest absolute Gasteiger partial charge is 0.161 e. The maximum atomic E-state index is 5.39.